The van der Waals surface area contributed by atoms with E-state index in [0.29, 0.717) is 0 Å². The zero-order chi connectivity index (χ0) is 7.07. The first-order chi connectivity index (χ1) is 4.02. The van der Waals surface area contributed by atoms with Gasteiger partial charge in [-0.05, 0) is 13.8 Å². The Balaban J connectivity index is 2.28. The van der Waals surface area contributed by atoms with Gasteiger partial charge < -0.3 is 4.74 Å². The van der Waals surface area contributed by atoms with Crippen LogP contribution in [-0.4, -0.2) is 23.2 Å². The molecule has 4 nitrogen and oxygen atoms in total. The summed E-state index contributed by atoms with van der Waals surface area (Å²) in [5.41, 5.74) is -0.243. The van der Waals surface area contributed by atoms with Gasteiger partial charge in [0.15, 0.2) is 6.10 Å². The van der Waals surface area contributed by atoms with Crippen LogP contribution in [0.2, 0.25) is 0 Å². The van der Waals surface area contributed by atoms with Crippen LogP contribution in [0, 0.1) is 10.1 Å². The van der Waals surface area contributed by atoms with Crippen LogP contribution in [0.15, 0.2) is 0 Å². The summed E-state index contributed by atoms with van der Waals surface area (Å²) in [4.78, 5) is 9.52. The lowest BCUT2D eigenvalue weighted by Crippen LogP contribution is -2.13. The second-order valence-corrected chi connectivity index (χ2v) is 2.73. The van der Waals surface area contributed by atoms with Gasteiger partial charge in [-0.1, -0.05) is 0 Å². The standard InChI is InChI=1S/C5H9NO3/c1-5(2)4(9-5)3-6(7)8/h4H,3H2,1-2H3/t4-/m0/s1. The quantitative estimate of drug-likeness (QED) is 0.310. The molecule has 1 saturated heterocycles. The van der Waals surface area contributed by atoms with Crippen molar-refractivity contribution >= 4 is 0 Å². The molecular weight excluding hydrogens is 122 g/mol. The lowest BCUT2D eigenvalue weighted by Gasteiger charge is -1.89. The minimum atomic E-state index is -0.348. The first-order valence-electron chi connectivity index (χ1n) is 2.82. The first kappa shape index (κ1) is 6.48. The second kappa shape index (κ2) is 1.67. The monoisotopic (exact) mass is 131 g/mol. The molecule has 1 atom stereocenters. The van der Waals surface area contributed by atoms with E-state index >= 15 is 0 Å². The van der Waals surface area contributed by atoms with Crippen LogP contribution in [0.4, 0.5) is 0 Å². The fraction of sp³-hybridized carbons (Fsp3) is 1.00. The van der Waals surface area contributed by atoms with Gasteiger partial charge in [0.2, 0.25) is 6.54 Å². The van der Waals surface area contributed by atoms with Crippen molar-refractivity contribution in [2.24, 2.45) is 0 Å². The summed E-state index contributed by atoms with van der Waals surface area (Å²) in [6, 6.07) is 0. The molecule has 1 fully saturated rings. The van der Waals surface area contributed by atoms with Crippen molar-refractivity contribution in [2.75, 3.05) is 6.54 Å². The predicted molar refractivity (Wildman–Crippen MR) is 30.8 cm³/mol. The molecule has 9 heavy (non-hydrogen) atoms. The maximum Gasteiger partial charge on any atom is 0.232 e. The Labute approximate surface area is 53.0 Å². The van der Waals surface area contributed by atoms with E-state index in [4.69, 9.17) is 4.74 Å². The summed E-state index contributed by atoms with van der Waals surface area (Å²) in [5, 5.41) is 9.86. The molecule has 0 amide bonds. The Morgan fingerprint density at radius 1 is 1.78 bits per heavy atom. The minimum Gasteiger partial charge on any atom is -0.359 e. The predicted octanol–water partition coefficient (Wildman–Crippen LogP) is 0.440. The molecule has 1 aliphatic heterocycles. The highest BCUT2D eigenvalue weighted by molar-refractivity contribution is 4.94. The van der Waals surface area contributed by atoms with Gasteiger partial charge in [0.1, 0.15) is 0 Å². The normalized spacial score (nSPS) is 29.8. The van der Waals surface area contributed by atoms with Crippen LogP contribution >= 0.6 is 0 Å². The largest absolute Gasteiger partial charge is 0.359 e. The number of hydrogen-bond acceptors (Lipinski definition) is 3. The lowest BCUT2D eigenvalue weighted by molar-refractivity contribution is -0.482. The molecule has 1 heterocycles. The molecule has 0 aromatic carbocycles. The Hall–Kier alpha value is -0.640. The molecule has 0 aromatic heterocycles. The molecule has 0 bridgehead atoms. The van der Waals surface area contributed by atoms with Crippen molar-refractivity contribution in [1.29, 1.82) is 0 Å². The second-order valence-electron chi connectivity index (χ2n) is 2.73. The van der Waals surface area contributed by atoms with Crippen molar-refractivity contribution in [3.05, 3.63) is 10.1 Å². The first-order valence-corrected chi connectivity index (χ1v) is 2.82. The van der Waals surface area contributed by atoms with E-state index in [0.717, 1.165) is 0 Å². The molecule has 0 radical (unpaired) electrons. The van der Waals surface area contributed by atoms with Gasteiger partial charge in [-0.15, -0.1) is 0 Å². The Morgan fingerprint density at radius 3 is 2.33 bits per heavy atom. The molecule has 52 valence electrons. The number of hydrogen-bond donors (Lipinski definition) is 0. The zero-order valence-electron chi connectivity index (χ0n) is 5.46. The van der Waals surface area contributed by atoms with Crippen LogP contribution in [-0.2, 0) is 4.74 Å². The van der Waals surface area contributed by atoms with Crippen molar-refractivity contribution in [3.8, 4) is 0 Å². The van der Waals surface area contributed by atoms with Crippen LogP contribution < -0.4 is 0 Å². The summed E-state index contributed by atoms with van der Waals surface area (Å²) in [7, 11) is 0. The summed E-state index contributed by atoms with van der Waals surface area (Å²) in [6.45, 7) is 3.63. The summed E-state index contributed by atoms with van der Waals surface area (Å²) in [5.74, 6) is 0. The smallest absolute Gasteiger partial charge is 0.232 e. The number of nitrogens with zero attached hydrogens (tertiary/aromatic N) is 1. The average molecular weight is 131 g/mol. The molecule has 0 unspecified atom stereocenters. The van der Waals surface area contributed by atoms with E-state index < -0.39 is 0 Å². The Bertz CT molecular complexity index is 143. The van der Waals surface area contributed by atoms with Gasteiger partial charge in [-0.3, -0.25) is 10.1 Å². The Kier molecular flexibility index (Phi) is 1.20. The molecule has 1 aliphatic rings. The van der Waals surface area contributed by atoms with Gasteiger partial charge in [0.05, 0.1) is 5.60 Å². The number of ether oxygens (including phenoxy) is 1. The molecular formula is C5H9NO3. The highest BCUT2D eigenvalue weighted by atomic mass is 16.6. The maximum atomic E-state index is 9.86. The lowest BCUT2D eigenvalue weighted by atomic mass is 10.1. The van der Waals surface area contributed by atoms with Gasteiger partial charge in [0, 0.05) is 4.92 Å². The van der Waals surface area contributed by atoms with E-state index in [9.17, 15) is 10.1 Å². The number of epoxide rings is 1. The molecule has 0 saturated carbocycles. The van der Waals surface area contributed by atoms with Gasteiger partial charge in [0.25, 0.3) is 0 Å². The molecule has 4 heteroatoms. The van der Waals surface area contributed by atoms with E-state index in [1.165, 1.54) is 0 Å². The van der Waals surface area contributed by atoms with Gasteiger partial charge >= 0.3 is 0 Å². The van der Waals surface area contributed by atoms with Crippen molar-refractivity contribution in [3.63, 3.8) is 0 Å². The highest BCUT2D eigenvalue weighted by Crippen LogP contribution is 2.34. The zero-order valence-corrected chi connectivity index (χ0v) is 5.46. The SMILES string of the molecule is CC1(C)O[C@H]1C[N+](=O)[O-]. The molecule has 0 aliphatic carbocycles. The third kappa shape index (κ3) is 1.38. The summed E-state index contributed by atoms with van der Waals surface area (Å²) >= 11 is 0. The third-order valence-electron chi connectivity index (χ3n) is 1.48. The van der Waals surface area contributed by atoms with Crippen molar-refractivity contribution in [2.45, 2.75) is 25.6 Å². The summed E-state index contributed by atoms with van der Waals surface area (Å²) < 4.78 is 4.97. The van der Waals surface area contributed by atoms with Crippen LogP contribution in [0.25, 0.3) is 0 Å². The van der Waals surface area contributed by atoms with Crippen molar-refractivity contribution < 1.29 is 9.66 Å². The van der Waals surface area contributed by atoms with Crippen LogP contribution in [0.3, 0.4) is 0 Å². The van der Waals surface area contributed by atoms with E-state index in [1.807, 2.05) is 13.8 Å². The molecule has 0 N–H and O–H groups in total. The number of rotatable bonds is 2. The fourth-order valence-electron chi connectivity index (χ4n) is 0.725. The molecule has 1 rings (SSSR count). The van der Waals surface area contributed by atoms with Crippen LogP contribution in [0.5, 0.6) is 0 Å². The Morgan fingerprint density at radius 2 is 2.22 bits per heavy atom. The third-order valence-corrected chi connectivity index (χ3v) is 1.48. The highest BCUT2D eigenvalue weighted by Gasteiger charge is 2.51. The van der Waals surface area contributed by atoms with E-state index in [-0.39, 0.29) is 23.2 Å². The van der Waals surface area contributed by atoms with E-state index in [1.54, 1.807) is 0 Å². The number of nitro groups is 1. The average Bonchev–Trinajstić information content (AvgIpc) is 2.10. The molecule has 0 aromatic rings. The minimum absolute atomic E-state index is 0.0625. The van der Waals surface area contributed by atoms with E-state index in [2.05, 4.69) is 0 Å². The maximum absolute atomic E-state index is 9.86. The van der Waals surface area contributed by atoms with Gasteiger partial charge in [-0.25, -0.2) is 0 Å². The molecule has 0 spiro atoms. The summed E-state index contributed by atoms with van der Waals surface area (Å²) in [6.07, 6.45) is -0.160. The van der Waals surface area contributed by atoms with Gasteiger partial charge in [-0.2, -0.15) is 0 Å². The fourth-order valence-corrected chi connectivity index (χ4v) is 0.725. The van der Waals surface area contributed by atoms with Crippen LogP contribution in [0.1, 0.15) is 13.8 Å². The topological polar surface area (TPSA) is 55.7 Å². The van der Waals surface area contributed by atoms with Crippen molar-refractivity contribution in [1.82, 2.24) is 0 Å².